The molecule has 0 bridgehead atoms. The minimum atomic E-state index is -0.835. The fourth-order valence-electron chi connectivity index (χ4n) is 6.02. The summed E-state index contributed by atoms with van der Waals surface area (Å²) in [4.78, 5) is 17.8. The van der Waals surface area contributed by atoms with Crippen molar-refractivity contribution in [1.29, 1.82) is 0 Å². The van der Waals surface area contributed by atoms with Crippen LogP contribution < -0.4 is 0 Å². The zero-order valence-corrected chi connectivity index (χ0v) is 23.7. The van der Waals surface area contributed by atoms with Crippen LogP contribution in [0.4, 0.5) is 4.39 Å². The first-order valence-corrected chi connectivity index (χ1v) is 14.3. The summed E-state index contributed by atoms with van der Waals surface area (Å²) in [6, 6.07) is 42.8. The number of benzene rings is 5. The number of fused-ring (bicyclic) bond motifs is 1. The Balaban J connectivity index is 1.42. The molecule has 0 aliphatic heterocycles. The van der Waals surface area contributed by atoms with Crippen LogP contribution >= 0.6 is 0 Å². The van der Waals surface area contributed by atoms with E-state index in [1.165, 1.54) is 12.1 Å². The van der Waals surface area contributed by atoms with Gasteiger partial charge in [-0.3, -0.25) is 4.79 Å². The molecule has 212 valence electrons. The van der Waals surface area contributed by atoms with Crippen molar-refractivity contribution in [3.63, 3.8) is 0 Å². The summed E-state index contributed by atoms with van der Waals surface area (Å²) in [5, 5.41) is 0.832. The number of carbonyl (C=O) groups is 1. The molecule has 0 aliphatic rings. The van der Waals surface area contributed by atoms with Gasteiger partial charge in [-0.05, 0) is 59.2 Å². The van der Waals surface area contributed by atoms with E-state index < -0.39 is 11.4 Å². The molecule has 0 atom stereocenters. The smallest absolute Gasteiger partial charge is 0.185 e. The molecule has 4 nitrogen and oxygen atoms in total. The molecule has 7 aromatic rings. The van der Waals surface area contributed by atoms with Gasteiger partial charge in [0, 0.05) is 22.1 Å². The second kappa shape index (κ2) is 11.5. The summed E-state index contributed by atoms with van der Waals surface area (Å²) in [5.74, 6) is -0.669. The molecule has 5 heteroatoms. The van der Waals surface area contributed by atoms with E-state index in [4.69, 9.17) is 4.42 Å². The fraction of sp³-hybridized carbons (Fsp3) is 0.0256. The molecule has 5 aromatic carbocycles. The Hall–Kier alpha value is -5.81. The normalized spacial score (nSPS) is 11.8. The van der Waals surface area contributed by atoms with E-state index in [0.29, 0.717) is 28.0 Å². The summed E-state index contributed by atoms with van der Waals surface area (Å²) in [5.41, 5.74) is 5.05. The van der Waals surface area contributed by atoms with Crippen LogP contribution in [0.2, 0.25) is 0 Å². The van der Waals surface area contributed by atoms with Crippen LogP contribution in [0, 0.1) is 5.82 Å². The number of nitrogens with zero attached hydrogens (tertiary/aromatic N) is 2. The van der Waals surface area contributed by atoms with Gasteiger partial charge in [0.1, 0.15) is 16.9 Å². The van der Waals surface area contributed by atoms with Gasteiger partial charge < -0.3 is 8.98 Å². The van der Waals surface area contributed by atoms with E-state index in [9.17, 15) is 4.79 Å². The SMILES string of the molecule is O=C(C=Cc1c(F)cccc1-c1cncn1C(c1ccccc1)(c1ccccc1)c1ccccc1)c1ccc2occc2c1. The molecule has 0 unspecified atom stereocenters. The molecule has 0 aliphatic carbocycles. The maximum atomic E-state index is 15.7. The molecule has 2 aromatic heterocycles. The van der Waals surface area contributed by atoms with Gasteiger partial charge in [-0.15, -0.1) is 0 Å². The highest BCUT2D eigenvalue weighted by atomic mass is 19.1. The average Bonchev–Trinajstić information content (AvgIpc) is 3.76. The number of carbonyl (C=O) groups excluding carboxylic acids is 1. The van der Waals surface area contributed by atoms with Gasteiger partial charge >= 0.3 is 0 Å². The van der Waals surface area contributed by atoms with Gasteiger partial charge in [0.25, 0.3) is 0 Å². The Morgan fingerprint density at radius 1 is 0.750 bits per heavy atom. The summed E-state index contributed by atoms with van der Waals surface area (Å²) >= 11 is 0. The van der Waals surface area contributed by atoms with Crippen molar-refractivity contribution in [3.05, 3.63) is 192 Å². The van der Waals surface area contributed by atoms with E-state index in [1.54, 1.807) is 49.1 Å². The topological polar surface area (TPSA) is 48.0 Å². The minimum Gasteiger partial charge on any atom is -0.464 e. The van der Waals surface area contributed by atoms with Gasteiger partial charge in [0.2, 0.25) is 0 Å². The average molecular weight is 575 g/mol. The lowest BCUT2D eigenvalue weighted by Crippen LogP contribution is -2.37. The van der Waals surface area contributed by atoms with Crippen molar-refractivity contribution in [1.82, 2.24) is 9.55 Å². The van der Waals surface area contributed by atoms with E-state index in [0.717, 1.165) is 22.1 Å². The van der Waals surface area contributed by atoms with Crippen molar-refractivity contribution in [3.8, 4) is 11.3 Å². The van der Waals surface area contributed by atoms with Crippen LogP contribution in [0.15, 0.2) is 163 Å². The number of ketones is 1. The van der Waals surface area contributed by atoms with Gasteiger partial charge in [-0.2, -0.15) is 0 Å². The van der Waals surface area contributed by atoms with E-state index in [1.807, 2.05) is 66.7 Å². The standard InChI is InChI=1S/C39H27FN2O2/c40-35-18-10-17-34(33(35)20-21-37(43)28-19-22-38-29(25-28)23-24-44-38)36-26-41-27-42(36)39(30-11-4-1-5-12-30,31-13-6-2-7-14-31)32-15-8-3-9-16-32/h1-27H. The van der Waals surface area contributed by atoms with Gasteiger partial charge in [0.05, 0.1) is 24.5 Å². The number of aromatic nitrogens is 2. The largest absolute Gasteiger partial charge is 0.464 e. The summed E-state index contributed by atoms with van der Waals surface area (Å²) in [7, 11) is 0. The molecule has 7 rings (SSSR count). The minimum absolute atomic E-state index is 0.233. The third kappa shape index (κ3) is 4.65. The second-order valence-corrected chi connectivity index (χ2v) is 10.5. The van der Waals surface area contributed by atoms with Crippen molar-refractivity contribution in [2.24, 2.45) is 0 Å². The zero-order valence-electron chi connectivity index (χ0n) is 23.7. The first-order valence-electron chi connectivity index (χ1n) is 14.3. The highest BCUT2D eigenvalue weighted by molar-refractivity contribution is 6.08. The molecule has 0 fully saturated rings. The number of rotatable bonds is 8. The Labute approximate surface area is 254 Å². The second-order valence-electron chi connectivity index (χ2n) is 10.5. The number of hydrogen-bond donors (Lipinski definition) is 0. The molecule has 0 amide bonds. The number of imidazole rings is 1. The van der Waals surface area contributed by atoms with Crippen LogP contribution in [0.25, 0.3) is 28.3 Å². The molecule has 0 N–H and O–H groups in total. The maximum absolute atomic E-state index is 15.7. The van der Waals surface area contributed by atoms with Crippen molar-refractivity contribution in [2.75, 3.05) is 0 Å². The quantitative estimate of drug-likeness (QED) is 0.103. The number of halogens is 1. The predicted octanol–water partition coefficient (Wildman–Crippen LogP) is 9.17. The molecular formula is C39H27FN2O2. The van der Waals surface area contributed by atoms with Crippen molar-refractivity contribution < 1.29 is 13.6 Å². The molecule has 0 saturated heterocycles. The monoisotopic (exact) mass is 574 g/mol. The van der Waals surface area contributed by atoms with E-state index >= 15 is 4.39 Å². The number of hydrogen-bond acceptors (Lipinski definition) is 3. The van der Waals surface area contributed by atoms with Gasteiger partial charge in [-0.25, -0.2) is 9.37 Å². The van der Waals surface area contributed by atoms with Crippen molar-refractivity contribution >= 4 is 22.8 Å². The van der Waals surface area contributed by atoms with E-state index in [2.05, 4.69) is 45.9 Å². The first kappa shape index (κ1) is 27.0. The molecule has 0 spiro atoms. The summed E-state index contributed by atoms with van der Waals surface area (Å²) in [6.45, 7) is 0. The van der Waals surface area contributed by atoms with E-state index in [-0.39, 0.29) is 5.78 Å². The van der Waals surface area contributed by atoms with Crippen LogP contribution in [0.1, 0.15) is 32.6 Å². The lowest BCUT2D eigenvalue weighted by atomic mass is 9.76. The van der Waals surface area contributed by atoms with Gasteiger partial charge in [-0.1, -0.05) is 103 Å². The van der Waals surface area contributed by atoms with Gasteiger partial charge in [0.15, 0.2) is 5.78 Å². The Morgan fingerprint density at radius 3 is 2.02 bits per heavy atom. The highest BCUT2D eigenvalue weighted by Crippen LogP contribution is 2.44. The molecule has 2 heterocycles. The lowest BCUT2D eigenvalue weighted by Gasteiger charge is -2.38. The predicted molar refractivity (Wildman–Crippen MR) is 172 cm³/mol. The van der Waals surface area contributed by atoms with Crippen LogP contribution in [0.3, 0.4) is 0 Å². The Morgan fingerprint density at radius 2 is 1.39 bits per heavy atom. The molecule has 0 radical (unpaired) electrons. The lowest BCUT2D eigenvalue weighted by molar-refractivity contribution is 0.104. The molecule has 0 saturated carbocycles. The fourth-order valence-corrected chi connectivity index (χ4v) is 6.02. The third-order valence-electron chi connectivity index (χ3n) is 8.04. The maximum Gasteiger partial charge on any atom is 0.185 e. The first-order chi connectivity index (χ1) is 21.7. The zero-order chi connectivity index (χ0) is 29.9. The summed E-state index contributed by atoms with van der Waals surface area (Å²) < 4.78 is 23.2. The Kier molecular flexibility index (Phi) is 7.05. The summed E-state index contributed by atoms with van der Waals surface area (Å²) in [6.07, 6.45) is 8.11. The van der Waals surface area contributed by atoms with Crippen LogP contribution in [-0.4, -0.2) is 15.3 Å². The number of allylic oxidation sites excluding steroid dienone is 1. The van der Waals surface area contributed by atoms with Crippen molar-refractivity contribution in [2.45, 2.75) is 5.54 Å². The molecule has 44 heavy (non-hydrogen) atoms. The van der Waals surface area contributed by atoms with Crippen LogP contribution in [-0.2, 0) is 5.54 Å². The number of furan rings is 1. The highest BCUT2D eigenvalue weighted by Gasteiger charge is 2.40. The molecular weight excluding hydrogens is 547 g/mol. The third-order valence-corrected chi connectivity index (χ3v) is 8.04. The van der Waals surface area contributed by atoms with Crippen LogP contribution in [0.5, 0.6) is 0 Å². The Bertz CT molecular complexity index is 2000.